The van der Waals surface area contributed by atoms with E-state index in [0.29, 0.717) is 0 Å². The monoisotopic (exact) mass is 806 g/mol. The molecular formula is C36H47GeIrN2O2-. The van der Waals surface area contributed by atoms with Crippen molar-refractivity contribution in [3.63, 3.8) is 0 Å². The summed E-state index contributed by atoms with van der Waals surface area (Å²) in [6, 6.07) is 16.5. The average Bonchev–Trinajstić information content (AvgIpc) is 2.91. The molecule has 2 aromatic carbocycles. The second-order valence-electron chi connectivity index (χ2n) is 13.5. The van der Waals surface area contributed by atoms with Gasteiger partial charge in [-0.15, -0.1) is 0 Å². The van der Waals surface area contributed by atoms with Gasteiger partial charge in [0.05, 0.1) is 0 Å². The molecule has 0 saturated carbocycles. The molecule has 4 aromatic rings. The number of aryl methyl sites for hydroxylation is 2. The van der Waals surface area contributed by atoms with Crippen LogP contribution in [-0.4, -0.2) is 34.1 Å². The quantitative estimate of drug-likeness (QED) is 0.0666. The van der Waals surface area contributed by atoms with Crippen LogP contribution in [0.25, 0.3) is 32.9 Å². The fourth-order valence-electron chi connectivity index (χ4n) is 4.58. The minimum Gasteiger partial charge on any atom is 0 e. The van der Waals surface area contributed by atoms with Crippen molar-refractivity contribution in [1.29, 1.82) is 0 Å². The zero-order valence-corrected chi connectivity index (χ0v) is 31.7. The summed E-state index contributed by atoms with van der Waals surface area (Å²) >= 11 is -1.99. The van der Waals surface area contributed by atoms with Crippen LogP contribution in [0.5, 0.6) is 0 Å². The summed E-state index contributed by atoms with van der Waals surface area (Å²) in [6.07, 6.45) is 6.90. The predicted molar refractivity (Wildman–Crippen MR) is 178 cm³/mol. The molecule has 2 aromatic heterocycles. The smallest absolute Gasteiger partial charge is 0 e. The van der Waals surface area contributed by atoms with Gasteiger partial charge in [-0.05, 0) is 12.8 Å². The van der Waals surface area contributed by atoms with E-state index in [0.717, 1.165) is 40.6 Å². The van der Waals surface area contributed by atoms with E-state index < -0.39 is 13.3 Å². The number of pyridine rings is 2. The molecule has 0 atom stereocenters. The van der Waals surface area contributed by atoms with E-state index in [1.165, 1.54) is 26.8 Å². The third-order valence-electron chi connectivity index (χ3n) is 8.25. The molecule has 0 amide bonds. The van der Waals surface area contributed by atoms with E-state index in [1.54, 1.807) is 0 Å². The van der Waals surface area contributed by atoms with Crippen LogP contribution in [-0.2, 0) is 24.9 Å². The molecule has 4 nitrogen and oxygen atoms in total. The maximum atomic E-state index is 11.8. The maximum absolute atomic E-state index is 11.8. The maximum Gasteiger partial charge on any atom is 0 e. The van der Waals surface area contributed by atoms with E-state index in [1.807, 2.05) is 53.9 Å². The van der Waals surface area contributed by atoms with E-state index in [9.17, 15) is 9.90 Å². The number of carbonyl (C=O) groups excluding carboxylic acids is 1. The second-order valence-corrected chi connectivity index (χ2v) is 24.0. The standard InChI is InChI=1S/C23H23GeN2.C13H24O2.Ir/c1-15-11-16(2)13-17(12-15)22-20-14-26-23-19(18(20)9-10-25-22)7-6-8-21(23)24(3,4)5;1-7-12(3,4)10(14)9-11(15)13(5,6)8-2;/h6-12,14H,1-5H3;9,14H,7-8H2,1-6H3;/q-1;;/b;10-9-;. The van der Waals surface area contributed by atoms with E-state index in [-0.39, 0.29) is 42.5 Å². The zero-order chi connectivity index (χ0) is 30.8. The molecule has 42 heavy (non-hydrogen) atoms. The largest absolute Gasteiger partial charge is 0 e. The second kappa shape index (κ2) is 14.0. The fraction of sp³-hybridized carbons (Fsp3) is 0.417. The molecule has 0 aliphatic carbocycles. The Bertz CT molecular complexity index is 1580. The van der Waals surface area contributed by atoms with Crippen LogP contribution in [0.15, 0.2) is 60.6 Å². The Morgan fingerprint density at radius 2 is 1.57 bits per heavy atom. The Kier molecular flexibility index (Phi) is 11.9. The van der Waals surface area contributed by atoms with Crippen molar-refractivity contribution in [3.05, 3.63) is 77.8 Å². The number of aliphatic hydroxyl groups excluding tert-OH is 1. The summed E-state index contributed by atoms with van der Waals surface area (Å²) in [5, 5.41) is 13.4. The van der Waals surface area contributed by atoms with Gasteiger partial charge in [-0.2, -0.15) is 0 Å². The number of hydrogen-bond acceptors (Lipinski definition) is 4. The summed E-state index contributed by atoms with van der Waals surface area (Å²) in [6.45, 7) is 15.8. The van der Waals surface area contributed by atoms with Gasteiger partial charge < -0.3 is 5.11 Å². The fourth-order valence-corrected chi connectivity index (χ4v) is 7.74. The number of para-hydroxylation sites is 1. The van der Waals surface area contributed by atoms with Crippen molar-refractivity contribution in [2.75, 3.05) is 0 Å². The molecule has 6 heteroatoms. The number of benzene rings is 2. The van der Waals surface area contributed by atoms with E-state index >= 15 is 0 Å². The number of rotatable bonds is 7. The number of hydrogen-bond donors (Lipinski definition) is 1. The molecule has 0 unspecified atom stereocenters. The summed E-state index contributed by atoms with van der Waals surface area (Å²) in [4.78, 5) is 21.4. The summed E-state index contributed by atoms with van der Waals surface area (Å²) in [7, 11) is 0. The Morgan fingerprint density at radius 1 is 0.929 bits per heavy atom. The van der Waals surface area contributed by atoms with Gasteiger partial charge in [-0.1, -0.05) is 41.5 Å². The van der Waals surface area contributed by atoms with Crippen LogP contribution >= 0.6 is 0 Å². The molecule has 0 aliphatic heterocycles. The van der Waals surface area contributed by atoms with Gasteiger partial charge in [-0.3, -0.25) is 4.79 Å². The van der Waals surface area contributed by atoms with Crippen LogP contribution in [0.3, 0.4) is 0 Å². The molecule has 0 saturated heterocycles. The third-order valence-corrected chi connectivity index (χ3v) is 12.5. The number of nitrogens with zero attached hydrogens (tertiary/aromatic N) is 2. The van der Waals surface area contributed by atoms with Gasteiger partial charge in [0.1, 0.15) is 5.76 Å². The molecule has 0 aliphatic rings. The van der Waals surface area contributed by atoms with Crippen LogP contribution in [0.4, 0.5) is 0 Å². The zero-order valence-electron chi connectivity index (χ0n) is 27.2. The normalized spacial score (nSPS) is 12.5. The minimum atomic E-state index is -1.99. The van der Waals surface area contributed by atoms with Crippen molar-refractivity contribution in [2.45, 2.75) is 85.5 Å². The summed E-state index contributed by atoms with van der Waals surface area (Å²) in [5.74, 6) is 7.45. The molecular weight excluding hydrogens is 757 g/mol. The van der Waals surface area contributed by atoms with Crippen molar-refractivity contribution in [3.8, 4) is 11.3 Å². The Hall–Kier alpha value is -2.34. The van der Waals surface area contributed by atoms with Gasteiger partial charge in [0, 0.05) is 37.0 Å². The number of aliphatic hydroxyl groups is 1. The molecule has 0 spiro atoms. The number of carbonyl (C=O) groups is 1. The van der Waals surface area contributed by atoms with Gasteiger partial charge in [-0.25, -0.2) is 0 Å². The molecule has 4 rings (SSSR count). The SMILES string of the molecule is CCC(C)(C)C(=O)/C=C(\O)C(C)(C)CC.Cc1[c-]c(-c2nccc3c2cnc2[c]([Ge]([CH3])([CH3])[CH3])cccc23)cc(C)c1.[Ir]. The molecule has 227 valence electrons. The molecule has 0 fully saturated rings. The van der Waals surface area contributed by atoms with Gasteiger partial charge >= 0.3 is 158 Å². The Morgan fingerprint density at radius 3 is 2.14 bits per heavy atom. The van der Waals surface area contributed by atoms with Crippen molar-refractivity contribution < 1.29 is 30.0 Å². The van der Waals surface area contributed by atoms with Crippen molar-refractivity contribution in [1.82, 2.24) is 9.97 Å². The van der Waals surface area contributed by atoms with Crippen molar-refractivity contribution >= 4 is 45.1 Å². The molecule has 1 radical (unpaired) electrons. The number of aromatic nitrogens is 2. The van der Waals surface area contributed by atoms with Gasteiger partial charge in [0.15, 0.2) is 5.78 Å². The van der Waals surface area contributed by atoms with E-state index in [4.69, 9.17) is 4.98 Å². The average molecular weight is 805 g/mol. The predicted octanol–water partition coefficient (Wildman–Crippen LogP) is 9.28. The van der Waals surface area contributed by atoms with Crippen LogP contribution in [0.1, 0.15) is 65.5 Å². The Labute approximate surface area is 269 Å². The number of fused-ring (bicyclic) bond motifs is 3. The topological polar surface area (TPSA) is 63.1 Å². The van der Waals surface area contributed by atoms with Gasteiger partial charge in [0.2, 0.25) is 0 Å². The first-order valence-corrected chi connectivity index (χ1v) is 22.0. The van der Waals surface area contributed by atoms with Crippen molar-refractivity contribution in [2.24, 2.45) is 10.8 Å². The number of ketones is 1. The van der Waals surface area contributed by atoms with Crippen LogP contribution < -0.4 is 4.40 Å². The van der Waals surface area contributed by atoms with Crippen LogP contribution in [0, 0.1) is 30.7 Å². The molecule has 0 bridgehead atoms. The summed E-state index contributed by atoms with van der Waals surface area (Å²) < 4.78 is 1.46. The first kappa shape index (κ1) is 35.9. The first-order valence-electron chi connectivity index (χ1n) is 14.6. The number of allylic oxidation sites excluding steroid dienone is 2. The third kappa shape index (κ3) is 8.18. The van der Waals surface area contributed by atoms with Crippen LogP contribution in [0.2, 0.25) is 17.3 Å². The van der Waals surface area contributed by atoms with E-state index in [2.05, 4.69) is 78.6 Å². The Balaban J connectivity index is 0.000000334. The van der Waals surface area contributed by atoms with Gasteiger partial charge in [0.25, 0.3) is 0 Å². The summed E-state index contributed by atoms with van der Waals surface area (Å²) in [5.41, 5.74) is 4.85. The molecule has 1 N–H and O–H groups in total. The molecule has 2 heterocycles. The minimum absolute atomic E-state index is 0. The first-order chi connectivity index (χ1) is 19.0.